The minimum Gasteiger partial charge on any atom is -0.345 e. The van der Waals surface area contributed by atoms with E-state index in [1.807, 2.05) is 18.5 Å². The second-order valence-electron chi connectivity index (χ2n) is 4.08. The van der Waals surface area contributed by atoms with Crippen LogP contribution in [0, 0.1) is 6.92 Å². The molecule has 0 saturated carbocycles. The van der Waals surface area contributed by atoms with Gasteiger partial charge >= 0.3 is 0 Å². The van der Waals surface area contributed by atoms with Crippen LogP contribution in [-0.2, 0) is 7.05 Å². The van der Waals surface area contributed by atoms with Crippen molar-refractivity contribution in [3.63, 3.8) is 0 Å². The van der Waals surface area contributed by atoms with Gasteiger partial charge in [0.25, 0.3) is 5.91 Å². The second-order valence-corrected chi connectivity index (χ2v) is 4.45. The first-order valence-corrected chi connectivity index (χ1v) is 5.50. The number of fused-ring (bicyclic) bond motifs is 1. The summed E-state index contributed by atoms with van der Waals surface area (Å²) >= 11 is 6.20. The number of carbonyl (C=O) groups is 1. The zero-order valence-electron chi connectivity index (χ0n) is 10.2. The number of nitrogens with zero attached hydrogens (tertiary/aromatic N) is 4. The number of pyridine rings is 1. The Balaban J connectivity index is 2.70. The molecular formula is C11H13ClN4O. The van der Waals surface area contributed by atoms with E-state index >= 15 is 0 Å². The molecule has 2 aromatic heterocycles. The lowest BCUT2D eigenvalue weighted by Crippen LogP contribution is -2.22. The standard InChI is InChI=1S/C11H13ClN4O/c1-6-14-9-8(12)7(11(17)15(2)3)5-13-10(9)16(6)4/h5H,1-4H3. The van der Waals surface area contributed by atoms with Crippen LogP contribution in [0.1, 0.15) is 16.2 Å². The van der Waals surface area contributed by atoms with Crippen LogP contribution in [0.5, 0.6) is 0 Å². The largest absolute Gasteiger partial charge is 0.345 e. The number of aromatic nitrogens is 3. The lowest BCUT2D eigenvalue weighted by Gasteiger charge is -2.11. The SMILES string of the molecule is Cc1nc2c(Cl)c(C(=O)N(C)C)cnc2n1C. The third-order valence-electron chi connectivity index (χ3n) is 2.69. The summed E-state index contributed by atoms with van der Waals surface area (Å²) in [6, 6.07) is 0. The van der Waals surface area contributed by atoms with Gasteiger partial charge in [0.2, 0.25) is 0 Å². The van der Waals surface area contributed by atoms with E-state index in [4.69, 9.17) is 11.6 Å². The number of rotatable bonds is 1. The van der Waals surface area contributed by atoms with Crippen molar-refractivity contribution in [1.29, 1.82) is 0 Å². The molecule has 0 bridgehead atoms. The lowest BCUT2D eigenvalue weighted by molar-refractivity contribution is 0.0827. The minimum absolute atomic E-state index is 0.173. The maximum Gasteiger partial charge on any atom is 0.256 e. The van der Waals surface area contributed by atoms with Crippen LogP contribution in [0.15, 0.2) is 6.20 Å². The molecule has 0 N–H and O–H groups in total. The van der Waals surface area contributed by atoms with Gasteiger partial charge in [-0.2, -0.15) is 0 Å². The first kappa shape index (κ1) is 11.9. The van der Waals surface area contributed by atoms with Crippen LogP contribution in [0.3, 0.4) is 0 Å². The van der Waals surface area contributed by atoms with Crippen LogP contribution in [0.25, 0.3) is 11.2 Å². The number of halogens is 1. The highest BCUT2D eigenvalue weighted by Crippen LogP contribution is 2.25. The van der Waals surface area contributed by atoms with Crippen LogP contribution in [0.2, 0.25) is 5.02 Å². The molecule has 0 atom stereocenters. The van der Waals surface area contributed by atoms with Crippen molar-refractivity contribution in [3.05, 3.63) is 22.6 Å². The van der Waals surface area contributed by atoms with E-state index in [1.165, 1.54) is 11.1 Å². The average Bonchev–Trinajstić information content (AvgIpc) is 2.56. The maximum absolute atomic E-state index is 11.9. The highest BCUT2D eigenvalue weighted by molar-refractivity contribution is 6.37. The summed E-state index contributed by atoms with van der Waals surface area (Å²) in [5.41, 5.74) is 1.63. The molecule has 17 heavy (non-hydrogen) atoms. The normalized spacial score (nSPS) is 10.9. The fourth-order valence-corrected chi connectivity index (χ4v) is 1.85. The van der Waals surface area contributed by atoms with Crippen LogP contribution in [-0.4, -0.2) is 39.4 Å². The highest BCUT2D eigenvalue weighted by Gasteiger charge is 2.18. The molecule has 0 unspecified atom stereocenters. The average molecular weight is 253 g/mol. The van der Waals surface area contributed by atoms with Gasteiger partial charge in [0.15, 0.2) is 5.65 Å². The summed E-state index contributed by atoms with van der Waals surface area (Å²) in [4.78, 5) is 21.9. The van der Waals surface area contributed by atoms with Gasteiger partial charge in [-0.25, -0.2) is 9.97 Å². The summed E-state index contributed by atoms with van der Waals surface area (Å²) in [6.45, 7) is 1.87. The van der Waals surface area contributed by atoms with Crippen molar-refractivity contribution in [1.82, 2.24) is 19.4 Å². The van der Waals surface area contributed by atoms with Crippen LogP contribution in [0.4, 0.5) is 0 Å². The summed E-state index contributed by atoms with van der Waals surface area (Å²) in [5.74, 6) is 0.636. The van der Waals surface area contributed by atoms with Gasteiger partial charge in [-0.05, 0) is 6.92 Å². The topological polar surface area (TPSA) is 51.0 Å². The zero-order valence-corrected chi connectivity index (χ0v) is 10.9. The van der Waals surface area contributed by atoms with Gasteiger partial charge in [-0.1, -0.05) is 11.6 Å². The molecule has 0 fully saturated rings. The number of imidazole rings is 1. The van der Waals surface area contributed by atoms with Crippen LogP contribution >= 0.6 is 11.6 Å². The van der Waals surface area contributed by atoms with E-state index in [0.717, 1.165) is 5.82 Å². The molecule has 0 aromatic carbocycles. The van der Waals surface area contributed by atoms with Crippen molar-refractivity contribution < 1.29 is 4.79 Å². The van der Waals surface area contributed by atoms with E-state index in [2.05, 4.69) is 9.97 Å². The molecule has 0 radical (unpaired) electrons. The molecule has 6 heteroatoms. The van der Waals surface area contributed by atoms with Gasteiger partial charge in [0.1, 0.15) is 11.3 Å². The van der Waals surface area contributed by atoms with Gasteiger partial charge in [0, 0.05) is 27.3 Å². The predicted molar refractivity (Wildman–Crippen MR) is 66.3 cm³/mol. The Bertz CT molecular complexity index is 603. The molecule has 2 rings (SSSR count). The van der Waals surface area contributed by atoms with Crippen LogP contribution < -0.4 is 0 Å². The molecule has 0 saturated heterocycles. The summed E-state index contributed by atoms with van der Waals surface area (Å²) in [5, 5.41) is 0.359. The Morgan fingerprint density at radius 2 is 2.12 bits per heavy atom. The van der Waals surface area contributed by atoms with Gasteiger partial charge in [-0.3, -0.25) is 4.79 Å². The van der Waals surface area contributed by atoms with E-state index in [9.17, 15) is 4.79 Å². The molecule has 90 valence electrons. The molecular weight excluding hydrogens is 240 g/mol. The number of aryl methyl sites for hydroxylation is 2. The quantitative estimate of drug-likeness (QED) is 0.775. The molecule has 0 aliphatic rings. The van der Waals surface area contributed by atoms with E-state index in [1.54, 1.807) is 14.1 Å². The Morgan fingerprint density at radius 1 is 1.47 bits per heavy atom. The Hall–Kier alpha value is -1.62. The number of hydrogen-bond donors (Lipinski definition) is 0. The molecule has 0 spiro atoms. The molecule has 2 aromatic rings. The molecule has 2 heterocycles. The van der Waals surface area contributed by atoms with Crippen molar-refractivity contribution in [3.8, 4) is 0 Å². The lowest BCUT2D eigenvalue weighted by atomic mass is 10.2. The first-order chi connectivity index (χ1) is 7.93. The predicted octanol–water partition coefficient (Wildman–Crippen LogP) is 1.63. The van der Waals surface area contributed by atoms with Crippen molar-refractivity contribution in [2.75, 3.05) is 14.1 Å². The number of carbonyl (C=O) groups excluding carboxylic acids is 1. The van der Waals surface area contributed by atoms with Crippen molar-refractivity contribution in [2.45, 2.75) is 6.92 Å². The molecule has 0 aliphatic carbocycles. The monoisotopic (exact) mass is 252 g/mol. The fraction of sp³-hybridized carbons (Fsp3) is 0.364. The smallest absolute Gasteiger partial charge is 0.256 e. The Labute approximate surface area is 104 Å². The van der Waals surface area contributed by atoms with Gasteiger partial charge < -0.3 is 9.47 Å². The highest BCUT2D eigenvalue weighted by atomic mass is 35.5. The fourth-order valence-electron chi connectivity index (χ4n) is 1.59. The summed E-state index contributed by atoms with van der Waals surface area (Å²) in [6.07, 6.45) is 1.49. The molecule has 5 nitrogen and oxygen atoms in total. The second kappa shape index (κ2) is 4.00. The third-order valence-corrected chi connectivity index (χ3v) is 3.07. The number of hydrogen-bond acceptors (Lipinski definition) is 3. The van der Waals surface area contributed by atoms with Crippen molar-refractivity contribution >= 4 is 28.7 Å². The molecule has 0 aliphatic heterocycles. The first-order valence-electron chi connectivity index (χ1n) is 5.12. The van der Waals surface area contributed by atoms with E-state index in [-0.39, 0.29) is 5.91 Å². The Morgan fingerprint density at radius 3 is 2.71 bits per heavy atom. The molecule has 1 amide bonds. The maximum atomic E-state index is 11.9. The summed E-state index contributed by atoms with van der Waals surface area (Å²) < 4.78 is 1.84. The Kier molecular flexibility index (Phi) is 2.79. The summed E-state index contributed by atoms with van der Waals surface area (Å²) in [7, 11) is 5.21. The van der Waals surface area contributed by atoms with Gasteiger partial charge in [-0.15, -0.1) is 0 Å². The van der Waals surface area contributed by atoms with E-state index < -0.39 is 0 Å². The minimum atomic E-state index is -0.173. The van der Waals surface area contributed by atoms with Gasteiger partial charge in [0.05, 0.1) is 10.6 Å². The zero-order chi connectivity index (χ0) is 12.7. The third kappa shape index (κ3) is 1.76. The van der Waals surface area contributed by atoms with E-state index in [0.29, 0.717) is 21.7 Å². The van der Waals surface area contributed by atoms with Crippen molar-refractivity contribution in [2.24, 2.45) is 7.05 Å². The number of amides is 1.